The molecule has 0 aromatic carbocycles. The van der Waals surface area contributed by atoms with Crippen molar-refractivity contribution in [1.82, 2.24) is 19.9 Å². The third-order valence-electron chi connectivity index (χ3n) is 3.59. The van der Waals surface area contributed by atoms with Gasteiger partial charge in [-0.05, 0) is 12.3 Å². The molecule has 0 fully saturated rings. The van der Waals surface area contributed by atoms with E-state index in [9.17, 15) is 4.79 Å². The molecule has 0 saturated heterocycles. The molecule has 0 spiro atoms. The molecule has 1 aliphatic rings. The summed E-state index contributed by atoms with van der Waals surface area (Å²) in [6, 6.07) is 1.81. The van der Waals surface area contributed by atoms with Gasteiger partial charge in [-0.1, -0.05) is 35.0 Å². The topological polar surface area (TPSA) is 61.9 Å². The number of rotatable bonds is 3. The van der Waals surface area contributed by atoms with Crippen molar-refractivity contribution in [3.8, 4) is 0 Å². The maximum atomic E-state index is 12.2. The fourth-order valence-electron chi connectivity index (χ4n) is 2.51. The number of H-pyrrole nitrogens is 1. The van der Waals surface area contributed by atoms with Crippen LogP contribution in [0, 0.1) is 0 Å². The number of hydrogen-bond acceptors (Lipinski definition) is 5. The zero-order chi connectivity index (χ0) is 15.7. The maximum absolute atomic E-state index is 12.2. The second-order valence-corrected chi connectivity index (χ2v) is 6.65. The zero-order valence-electron chi connectivity index (χ0n) is 11.9. The van der Waals surface area contributed by atoms with Gasteiger partial charge in [0.2, 0.25) is 0 Å². The lowest BCUT2D eigenvalue weighted by Crippen LogP contribution is -2.35. The van der Waals surface area contributed by atoms with E-state index in [1.54, 1.807) is 0 Å². The number of nitrogens with one attached hydrogen (secondary N) is 1. The van der Waals surface area contributed by atoms with Crippen LogP contribution in [0.1, 0.15) is 16.8 Å². The van der Waals surface area contributed by atoms with Crippen LogP contribution >= 0.6 is 35.0 Å². The first kappa shape index (κ1) is 15.8. The van der Waals surface area contributed by atoms with Gasteiger partial charge in [0.05, 0.1) is 16.3 Å². The summed E-state index contributed by atoms with van der Waals surface area (Å²) in [6.07, 6.45) is 4.17. The van der Waals surface area contributed by atoms with Crippen molar-refractivity contribution >= 4 is 35.0 Å². The van der Waals surface area contributed by atoms with Crippen molar-refractivity contribution in [3.05, 3.63) is 49.6 Å². The Kier molecular flexibility index (Phi) is 4.73. The van der Waals surface area contributed by atoms with Crippen LogP contribution in [0.3, 0.4) is 0 Å². The van der Waals surface area contributed by atoms with Gasteiger partial charge in [0.15, 0.2) is 5.16 Å². The molecule has 8 heteroatoms. The Balaban J connectivity index is 1.83. The summed E-state index contributed by atoms with van der Waals surface area (Å²) in [6.45, 7) is 1.98. The normalized spacial score (nSPS) is 14.9. The van der Waals surface area contributed by atoms with Crippen LogP contribution in [0.2, 0.25) is 10.2 Å². The highest BCUT2D eigenvalue weighted by Crippen LogP contribution is 2.22. The van der Waals surface area contributed by atoms with Gasteiger partial charge in [-0.25, -0.2) is 9.97 Å². The highest BCUT2D eigenvalue weighted by molar-refractivity contribution is 7.98. The first-order valence-electron chi connectivity index (χ1n) is 6.75. The Morgan fingerprint density at radius 1 is 1.45 bits per heavy atom. The fraction of sp³-hybridized carbons (Fsp3) is 0.357. The molecule has 0 saturated carbocycles. The third-order valence-corrected chi connectivity index (χ3v) is 4.72. The van der Waals surface area contributed by atoms with E-state index in [0.717, 1.165) is 29.8 Å². The summed E-state index contributed by atoms with van der Waals surface area (Å²) < 4.78 is 0. The predicted molar refractivity (Wildman–Crippen MR) is 88.7 cm³/mol. The molecule has 2 aromatic rings. The molecule has 116 valence electrons. The van der Waals surface area contributed by atoms with Crippen LogP contribution in [-0.2, 0) is 19.5 Å². The minimum Gasteiger partial charge on any atom is -0.301 e. The third kappa shape index (κ3) is 3.30. The number of halogens is 2. The number of pyridine rings is 1. The molecule has 3 heterocycles. The summed E-state index contributed by atoms with van der Waals surface area (Å²) in [4.78, 5) is 25.7. The highest BCUT2D eigenvalue weighted by Gasteiger charge is 2.22. The summed E-state index contributed by atoms with van der Waals surface area (Å²) in [5.74, 6) is 0. The van der Waals surface area contributed by atoms with E-state index < -0.39 is 0 Å². The molecule has 0 radical (unpaired) electrons. The Morgan fingerprint density at radius 2 is 2.27 bits per heavy atom. The van der Waals surface area contributed by atoms with Crippen molar-refractivity contribution in [2.24, 2.45) is 0 Å². The van der Waals surface area contributed by atoms with Gasteiger partial charge in [0.1, 0.15) is 5.15 Å². The van der Waals surface area contributed by atoms with Crippen molar-refractivity contribution in [3.63, 3.8) is 0 Å². The van der Waals surface area contributed by atoms with E-state index in [1.807, 2.05) is 12.3 Å². The molecule has 1 aliphatic heterocycles. The number of aromatic amines is 1. The van der Waals surface area contributed by atoms with E-state index in [4.69, 9.17) is 23.2 Å². The van der Waals surface area contributed by atoms with E-state index >= 15 is 0 Å². The molecule has 22 heavy (non-hydrogen) atoms. The van der Waals surface area contributed by atoms with Gasteiger partial charge in [-0.2, -0.15) is 0 Å². The summed E-state index contributed by atoms with van der Waals surface area (Å²) in [5.41, 5.74) is 2.42. The maximum Gasteiger partial charge on any atom is 0.256 e. The summed E-state index contributed by atoms with van der Waals surface area (Å²) in [7, 11) is 0. The quantitative estimate of drug-likeness (QED) is 0.520. The van der Waals surface area contributed by atoms with Gasteiger partial charge >= 0.3 is 0 Å². The molecule has 1 N–H and O–H groups in total. The van der Waals surface area contributed by atoms with Crippen LogP contribution in [0.5, 0.6) is 0 Å². The molecule has 0 aliphatic carbocycles. The Labute approximate surface area is 142 Å². The predicted octanol–water partition coefficient (Wildman–Crippen LogP) is 2.75. The van der Waals surface area contributed by atoms with E-state index in [2.05, 4.69) is 19.9 Å². The fourth-order valence-corrected chi connectivity index (χ4v) is 3.25. The molecular weight excluding hydrogens is 343 g/mol. The number of aromatic nitrogens is 3. The van der Waals surface area contributed by atoms with Crippen molar-refractivity contribution in [2.75, 3.05) is 12.8 Å². The monoisotopic (exact) mass is 356 g/mol. The molecule has 0 amide bonds. The van der Waals surface area contributed by atoms with Crippen LogP contribution < -0.4 is 5.56 Å². The molecular formula is C14H14Cl2N4OS. The van der Waals surface area contributed by atoms with Crippen LogP contribution in [-0.4, -0.2) is 32.7 Å². The SMILES string of the molecule is CSc1nc2c(c(=O)[nH]1)CN(Cc1cc(Cl)cnc1Cl)CC2. The summed E-state index contributed by atoms with van der Waals surface area (Å²) >= 11 is 13.5. The minimum absolute atomic E-state index is 0.0608. The van der Waals surface area contributed by atoms with Crippen LogP contribution in [0.4, 0.5) is 0 Å². The first-order valence-corrected chi connectivity index (χ1v) is 8.73. The average molecular weight is 357 g/mol. The Bertz CT molecular complexity index is 765. The second kappa shape index (κ2) is 6.58. The highest BCUT2D eigenvalue weighted by atomic mass is 35.5. The molecule has 0 bridgehead atoms. The van der Waals surface area contributed by atoms with E-state index in [0.29, 0.717) is 28.4 Å². The van der Waals surface area contributed by atoms with Crippen LogP contribution in [0.25, 0.3) is 0 Å². The Hall–Kier alpha value is -1.08. The zero-order valence-corrected chi connectivity index (χ0v) is 14.2. The molecule has 3 rings (SSSR count). The average Bonchev–Trinajstić information content (AvgIpc) is 2.51. The van der Waals surface area contributed by atoms with Gasteiger partial charge < -0.3 is 4.98 Å². The van der Waals surface area contributed by atoms with Crippen molar-refractivity contribution < 1.29 is 0 Å². The first-order chi connectivity index (χ1) is 10.6. The largest absolute Gasteiger partial charge is 0.301 e. The second-order valence-electron chi connectivity index (χ2n) is 5.06. The number of thioether (sulfide) groups is 1. The smallest absolute Gasteiger partial charge is 0.256 e. The van der Waals surface area contributed by atoms with Gasteiger partial charge in [0, 0.05) is 37.8 Å². The van der Waals surface area contributed by atoms with Gasteiger partial charge in [-0.3, -0.25) is 9.69 Å². The molecule has 0 unspecified atom stereocenters. The number of hydrogen-bond donors (Lipinski definition) is 1. The lowest BCUT2D eigenvalue weighted by molar-refractivity contribution is 0.240. The van der Waals surface area contributed by atoms with Crippen molar-refractivity contribution in [1.29, 1.82) is 0 Å². The van der Waals surface area contributed by atoms with Gasteiger partial charge in [0.25, 0.3) is 5.56 Å². The number of fused-ring (bicyclic) bond motifs is 1. The Morgan fingerprint density at radius 3 is 3.05 bits per heavy atom. The van der Waals surface area contributed by atoms with Crippen molar-refractivity contribution in [2.45, 2.75) is 24.7 Å². The molecule has 5 nitrogen and oxygen atoms in total. The summed E-state index contributed by atoms with van der Waals surface area (Å²) in [5, 5.41) is 1.67. The molecule has 0 atom stereocenters. The standard InChI is InChI=1S/C14H14Cl2N4OS/c1-22-14-18-11-2-3-20(7-10(11)13(21)19-14)6-8-4-9(15)5-17-12(8)16/h4-5H,2-3,6-7H2,1H3,(H,18,19,21). The van der Waals surface area contributed by atoms with Crippen LogP contribution in [0.15, 0.2) is 22.2 Å². The lowest BCUT2D eigenvalue weighted by atomic mass is 10.1. The molecule has 2 aromatic heterocycles. The van der Waals surface area contributed by atoms with E-state index in [1.165, 1.54) is 18.0 Å². The minimum atomic E-state index is -0.0608. The lowest BCUT2D eigenvalue weighted by Gasteiger charge is -2.27. The number of nitrogens with zero attached hydrogens (tertiary/aromatic N) is 3. The van der Waals surface area contributed by atoms with Gasteiger partial charge in [-0.15, -0.1) is 0 Å². The van der Waals surface area contributed by atoms with E-state index in [-0.39, 0.29) is 5.56 Å².